The van der Waals surface area contributed by atoms with Crippen LogP contribution in [0.15, 0.2) is 30.3 Å². The molecule has 0 aromatic heterocycles. The van der Waals surface area contributed by atoms with Crippen molar-refractivity contribution in [3.63, 3.8) is 0 Å². The maximum atomic E-state index is 12.1. The van der Waals surface area contributed by atoms with Crippen LogP contribution < -0.4 is 0 Å². The van der Waals surface area contributed by atoms with E-state index in [4.69, 9.17) is 28.4 Å². The van der Waals surface area contributed by atoms with Gasteiger partial charge in [-0.1, -0.05) is 30.3 Å². The van der Waals surface area contributed by atoms with Gasteiger partial charge in [0.25, 0.3) is 0 Å². The Morgan fingerprint density at radius 3 is 2.50 bits per heavy atom. The predicted molar refractivity (Wildman–Crippen MR) is 121 cm³/mol. The summed E-state index contributed by atoms with van der Waals surface area (Å²) in [7, 11) is 0. The van der Waals surface area contributed by atoms with Crippen molar-refractivity contribution in [2.45, 2.75) is 96.5 Å². The summed E-state index contributed by atoms with van der Waals surface area (Å²) in [6, 6.07) is 10.0. The predicted octanol–water partition coefficient (Wildman–Crippen LogP) is 3.75. The number of benzene rings is 1. The molecule has 0 bridgehead atoms. The van der Waals surface area contributed by atoms with E-state index in [-0.39, 0.29) is 48.2 Å². The van der Waals surface area contributed by atoms with E-state index >= 15 is 0 Å². The molecule has 0 unspecified atom stereocenters. The van der Waals surface area contributed by atoms with Crippen LogP contribution in [0.3, 0.4) is 0 Å². The number of esters is 2. The molecule has 8 heteroatoms. The van der Waals surface area contributed by atoms with Crippen LogP contribution in [-0.4, -0.2) is 55.0 Å². The number of rotatable bonds is 9. The van der Waals surface area contributed by atoms with Gasteiger partial charge in [0.05, 0.1) is 31.3 Å². The van der Waals surface area contributed by atoms with Gasteiger partial charge in [-0.05, 0) is 51.0 Å². The van der Waals surface area contributed by atoms with Gasteiger partial charge in [-0.2, -0.15) is 0 Å². The number of ether oxygens (including phenoxy) is 6. The van der Waals surface area contributed by atoms with Crippen molar-refractivity contribution < 1.29 is 38.0 Å². The Morgan fingerprint density at radius 2 is 1.79 bits per heavy atom. The number of carbonyl (C=O) groups excluding carboxylic acids is 2. The molecule has 1 aromatic carbocycles. The highest BCUT2D eigenvalue weighted by Gasteiger charge is 2.62. The van der Waals surface area contributed by atoms with Crippen LogP contribution in [0.25, 0.3) is 0 Å². The minimum absolute atomic E-state index is 0.0675. The molecule has 188 valence electrons. The molecule has 0 spiro atoms. The molecule has 0 amide bonds. The normalized spacial score (nSPS) is 33.7. The van der Waals surface area contributed by atoms with E-state index in [1.807, 2.05) is 44.2 Å². The lowest BCUT2D eigenvalue weighted by atomic mass is 9.72. The van der Waals surface area contributed by atoms with Gasteiger partial charge in [0.15, 0.2) is 12.1 Å². The van der Waals surface area contributed by atoms with Gasteiger partial charge in [-0.15, -0.1) is 0 Å². The molecule has 2 aliphatic heterocycles. The summed E-state index contributed by atoms with van der Waals surface area (Å²) in [5, 5.41) is 0. The van der Waals surface area contributed by atoms with Gasteiger partial charge in [0.1, 0.15) is 12.2 Å². The summed E-state index contributed by atoms with van der Waals surface area (Å²) < 4.78 is 36.0. The Hall–Kier alpha value is -2.00. The molecule has 1 aromatic rings. The monoisotopic (exact) mass is 476 g/mol. The fraction of sp³-hybridized carbons (Fsp3) is 0.692. The minimum Gasteiger partial charge on any atom is -0.466 e. The van der Waals surface area contributed by atoms with E-state index in [2.05, 4.69) is 0 Å². The highest BCUT2D eigenvalue weighted by molar-refractivity contribution is 5.66. The lowest BCUT2D eigenvalue weighted by Gasteiger charge is -2.44. The number of carbonyl (C=O) groups is 2. The minimum atomic E-state index is -0.765. The highest BCUT2D eigenvalue weighted by atomic mass is 16.8. The van der Waals surface area contributed by atoms with E-state index in [9.17, 15) is 9.59 Å². The molecule has 1 aliphatic carbocycles. The van der Waals surface area contributed by atoms with E-state index < -0.39 is 12.1 Å². The van der Waals surface area contributed by atoms with Crippen molar-refractivity contribution in [1.29, 1.82) is 0 Å². The van der Waals surface area contributed by atoms with E-state index in [1.165, 1.54) is 13.8 Å². The molecule has 4 rings (SSSR count). The van der Waals surface area contributed by atoms with Crippen molar-refractivity contribution in [3.05, 3.63) is 35.9 Å². The molecular weight excluding hydrogens is 440 g/mol. The molecule has 8 nitrogen and oxygen atoms in total. The average molecular weight is 477 g/mol. The zero-order chi connectivity index (χ0) is 24.3. The molecule has 7 atom stereocenters. The van der Waals surface area contributed by atoms with Gasteiger partial charge < -0.3 is 28.4 Å². The van der Waals surface area contributed by atoms with E-state index in [1.54, 1.807) is 0 Å². The lowest BCUT2D eigenvalue weighted by Crippen LogP contribution is -2.53. The number of unbranched alkanes of at least 4 members (excludes halogenated alkanes) is 1. The van der Waals surface area contributed by atoms with Gasteiger partial charge in [0, 0.05) is 13.8 Å². The van der Waals surface area contributed by atoms with Crippen LogP contribution in [0.5, 0.6) is 0 Å². The van der Waals surface area contributed by atoms with Crippen molar-refractivity contribution in [2.24, 2.45) is 11.8 Å². The zero-order valence-electron chi connectivity index (χ0n) is 20.4. The summed E-state index contributed by atoms with van der Waals surface area (Å²) in [6.07, 6.45) is 1.41. The average Bonchev–Trinajstić information content (AvgIpc) is 3.25. The maximum Gasteiger partial charge on any atom is 0.302 e. The Kier molecular flexibility index (Phi) is 7.92. The molecule has 0 N–H and O–H groups in total. The number of fused-ring (bicyclic) bond motifs is 3. The van der Waals surface area contributed by atoms with Crippen molar-refractivity contribution in [3.8, 4) is 0 Å². The molecule has 3 aliphatic rings. The summed E-state index contributed by atoms with van der Waals surface area (Å²) >= 11 is 0. The number of hydrogen-bond donors (Lipinski definition) is 0. The van der Waals surface area contributed by atoms with Crippen molar-refractivity contribution in [1.82, 2.24) is 0 Å². The third-order valence-corrected chi connectivity index (χ3v) is 6.77. The third kappa shape index (κ3) is 5.97. The van der Waals surface area contributed by atoms with Crippen LogP contribution >= 0.6 is 0 Å². The SMILES string of the molecule is CC(=O)OCCCC[C@H]1C[C@H](OCc2ccccc2)[C@H]2O[C@@H]3OC(C)(C)O[C@@H]3[C@@H]2[C@H]1OC(C)=O. The van der Waals surface area contributed by atoms with Crippen molar-refractivity contribution in [2.75, 3.05) is 6.61 Å². The van der Waals surface area contributed by atoms with Crippen LogP contribution in [-0.2, 0) is 44.6 Å². The molecule has 3 fully saturated rings. The molecular formula is C26H36O8. The second-order valence-corrected chi connectivity index (χ2v) is 9.89. The third-order valence-electron chi connectivity index (χ3n) is 6.77. The first-order valence-electron chi connectivity index (χ1n) is 12.2. The van der Waals surface area contributed by atoms with Crippen LogP contribution in [0.1, 0.15) is 58.9 Å². The quantitative estimate of drug-likeness (QED) is 0.393. The van der Waals surface area contributed by atoms with Gasteiger partial charge in [-0.3, -0.25) is 9.59 Å². The summed E-state index contributed by atoms with van der Waals surface area (Å²) in [5.41, 5.74) is 1.09. The van der Waals surface area contributed by atoms with Crippen LogP contribution in [0.2, 0.25) is 0 Å². The van der Waals surface area contributed by atoms with Gasteiger partial charge in [0.2, 0.25) is 0 Å². The first-order valence-corrected chi connectivity index (χ1v) is 12.2. The second-order valence-electron chi connectivity index (χ2n) is 9.89. The highest BCUT2D eigenvalue weighted by Crippen LogP contribution is 2.50. The van der Waals surface area contributed by atoms with E-state index in [0.29, 0.717) is 19.6 Å². The fourth-order valence-electron chi connectivity index (χ4n) is 5.46. The number of hydrogen-bond acceptors (Lipinski definition) is 8. The Balaban J connectivity index is 1.51. The molecule has 1 saturated carbocycles. The largest absolute Gasteiger partial charge is 0.466 e. The first kappa shape index (κ1) is 25.1. The maximum absolute atomic E-state index is 12.1. The van der Waals surface area contributed by atoms with Crippen LogP contribution in [0.4, 0.5) is 0 Å². The lowest BCUT2D eigenvalue weighted by molar-refractivity contribution is -0.242. The van der Waals surface area contributed by atoms with E-state index in [0.717, 1.165) is 24.8 Å². The Morgan fingerprint density at radius 1 is 1.03 bits per heavy atom. The van der Waals surface area contributed by atoms with Gasteiger partial charge in [-0.25, -0.2) is 0 Å². The van der Waals surface area contributed by atoms with Gasteiger partial charge >= 0.3 is 11.9 Å². The zero-order valence-corrected chi connectivity index (χ0v) is 20.4. The standard InChI is InChI=1S/C26H36O8/c1-16(27)29-13-9-8-12-19-14-20(30-15-18-10-6-5-7-11-18)23-21(22(19)31-17(2)28)24-25(32-23)34-26(3,4)33-24/h5-7,10-11,19-25H,8-9,12-15H2,1-4H3/t19-,20-,21+,22-,23+,24+,25+/m0/s1. The molecule has 34 heavy (non-hydrogen) atoms. The second kappa shape index (κ2) is 10.7. The topological polar surface area (TPSA) is 89.5 Å². The van der Waals surface area contributed by atoms with Crippen LogP contribution in [0, 0.1) is 11.8 Å². The van der Waals surface area contributed by atoms with Crippen molar-refractivity contribution >= 4 is 11.9 Å². The summed E-state index contributed by atoms with van der Waals surface area (Å²) in [5.74, 6) is -1.48. The first-order chi connectivity index (χ1) is 16.2. The smallest absolute Gasteiger partial charge is 0.302 e. The molecule has 2 heterocycles. The molecule has 0 radical (unpaired) electrons. The summed E-state index contributed by atoms with van der Waals surface area (Å²) in [6.45, 7) is 7.44. The Bertz CT molecular complexity index is 840. The molecule has 2 saturated heterocycles. The Labute approximate surface area is 201 Å². The summed E-state index contributed by atoms with van der Waals surface area (Å²) in [4.78, 5) is 23.1. The fourth-order valence-corrected chi connectivity index (χ4v) is 5.46.